The second-order valence-corrected chi connectivity index (χ2v) is 8.05. The predicted molar refractivity (Wildman–Crippen MR) is 116 cm³/mol. The Morgan fingerprint density at radius 3 is 2.67 bits per heavy atom. The summed E-state index contributed by atoms with van der Waals surface area (Å²) in [4.78, 5) is 30.2. The largest absolute Gasteiger partial charge is 0.452 e. The molecule has 0 saturated heterocycles. The molecule has 0 spiro atoms. The van der Waals surface area contributed by atoms with Crippen LogP contribution in [0.5, 0.6) is 0 Å². The first-order valence-corrected chi connectivity index (χ1v) is 10.4. The van der Waals surface area contributed by atoms with Crippen LogP contribution >= 0.6 is 0 Å². The van der Waals surface area contributed by atoms with Crippen molar-refractivity contribution in [2.75, 3.05) is 6.61 Å². The van der Waals surface area contributed by atoms with E-state index in [1.807, 2.05) is 61.5 Å². The van der Waals surface area contributed by atoms with Crippen LogP contribution in [0, 0.1) is 5.92 Å². The van der Waals surface area contributed by atoms with E-state index in [1.54, 1.807) is 0 Å². The van der Waals surface area contributed by atoms with Crippen LogP contribution in [0.1, 0.15) is 53.5 Å². The van der Waals surface area contributed by atoms with Crippen LogP contribution in [0.4, 0.5) is 0 Å². The van der Waals surface area contributed by atoms with Gasteiger partial charge in [-0.1, -0.05) is 55.5 Å². The van der Waals surface area contributed by atoms with Crippen molar-refractivity contribution in [1.29, 1.82) is 0 Å². The standard InChI is InChI=1S/C25H26N2O3/c1-16-12-13-22-20(14-16)24(19-10-6-7-11-21(19)27-22)25(29)30-15-23(28)26-17(2)18-8-4-3-5-9-18/h3-11,16-17H,12-15H2,1-2H3,(H,26,28)/t16-,17+/m1/s1. The number of benzene rings is 2. The number of nitrogens with one attached hydrogen (secondary N) is 1. The molecule has 1 heterocycles. The summed E-state index contributed by atoms with van der Waals surface area (Å²) in [5.74, 6) is -0.288. The van der Waals surface area contributed by atoms with Crippen molar-refractivity contribution >= 4 is 22.8 Å². The third kappa shape index (κ3) is 4.20. The average molecular weight is 402 g/mol. The Hall–Kier alpha value is -3.21. The third-order valence-corrected chi connectivity index (χ3v) is 5.72. The van der Waals surface area contributed by atoms with Crippen LogP contribution in [0.25, 0.3) is 10.9 Å². The summed E-state index contributed by atoms with van der Waals surface area (Å²) in [6, 6.07) is 17.2. The van der Waals surface area contributed by atoms with Crippen LogP contribution in [0.2, 0.25) is 0 Å². The summed E-state index contributed by atoms with van der Waals surface area (Å²) in [6.45, 7) is 3.78. The molecule has 0 aliphatic heterocycles. The van der Waals surface area contributed by atoms with E-state index >= 15 is 0 Å². The van der Waals surface area contributed by atoms with Gasteiger partial charge in [-0.15, -0.1) is 0 Å². The molecule has 1 aromatic heterocycles. The number of fused-ring (bicyclic) bond motifs is 2. The van der Waals surface area contributed by atoms with Gasteiger partial charge in [0.05, 0.1) is 17.1 Å². The van der Waals surface area contributed by atoms with Crippen molar-refractivity contribution in [1.82, 2.24) is 10.3 Å². The molecule has 1 aliphatic rings. The van der Waals surface area contributed by atoms with Crippen LogP contribution in [-0.2, 0) is 22.4 Å². The summed E-state index contributed by atoms with van der Waals surface area (Å²) < 4.78 is 5.46. The van der Waals surface area contributed by atoms with E-state index in [9.17, 15) is 9.59 Å². The molecule has 0 saturated carbocycles. The van der Waals surface area contributed by atoms with E-state index in [2.05, 4.69) is 12.2 Å². The number of amides is 1. The highest BCUT2D eigenvalue weighted by atomic mass is 16.5. The number of nitrogens with zero attached hydrogens (tertiary/aromatic N) is 1. The number of aromatic nitrogens is 1. The lowest BCUT2D eigenvalue weighted by atomic mass is 9.84. The van der Waals surface area contributed by atoms with E-state index in [4.69, 9.17) is 9.72 Å². The van der Waals surface area contributed by atoms with E-state index in [0.29, 0.717) is 11.5 Å². The van der Waals surface area contributed by atoms with Gasteiger partial charge < -0.3 is 10.1 Å². The Labute approximate surface area is 176 Å². The first-order valence-electron chi connectivity index (χ1n) is 10.4. The highest BCUT2D eigenvalue weighted by molar-refractivity contribution is 6.05. The molecule has 154 valence electrons. The summed E-state index contributed by atoms with van der Waals surface area (Å²) in [7, 11) is 0. The Balaban J connectivity index is 1.52. The fraction of sp³-hybridized carbons (Fsp3) is 0.320. The van der Waals surface area contributed by atoms with Crippen molar-refractivity contribution in [3.8, 4) is 0 Å². The lowest BCUT2D eigenvalue weighted by molar-refractivity contribution is -0.124. The molecular weight excluding hydrogens is 376 g/mol. The smallest absolute Gasteiger partial charge is 0.339 e. The number of pyridine rings is 1. The zero-order valence-electron chi connectivity index (χ0n) is 17.4. The second-order valence-electron chi connectivity index (χ2n) is 8.05. The van der Waals surface area contributed by atoms with E-state index < -0.39 is 5.97 Å². The minimum Gasteiger partial charge on any atom is -0.452 e. The third-order valence-electron chi connectivity index (χ3n) is 5.72. The summed E-state index contributed by atoms with van der Waals surface area (Å²) >= 11 is 0. The van der Waals surface area contributed by atoms with Gasteiger partial charge >= 0.3 is 5.97 Å². The van der Waals surface area contributed by atoms with Crippen LogP contribution in [0.15, 0.2) is 54.6 Å². The van der Waals surface area contributed by atoms with E-state index in [1.165, 1.54) is 0 Å². The van der Waals surface area contributed by atoms with Gasteiger partial charge in [0.2, 0.25) is 0 Å². The van der Waals surface area contributed by atoms with Gasteiger partial charge in [0.15, 0.2) is 6.61 Å². The second kappa shape index (κ2) is 8.66. The number of ether oxygens (including phenoxy) is 1. The first kappa shape index (κ1) is 20.1. The quantitative estimate of drug-likeness (QED) is 0.643. The van der Waals surface area contributed by atoms with Crippen LogP contribution < -0.4 is 5.32 Å². The van der Waals surface area contributed by atoms with Gasteiger partial charge in [-0.25, -0.2) is 4.79 Å². The van der Waals surface area contributed by atoms with E-state index in [-0.39, 0.29) is 18.6 Å². The summed E-state index contributed by atoms with van der Waals surface area (Å²) in [5.41, 5.74) is 4.29. The van der Waals surface area contributed by atoms with Crippen molar-refractivity contribution in [2.24, 2.45) is 5.92 Å². The molecule has 5 heteroatoms. The molecule has 3 aromatic rings. The van der Waals surface area contributed by atoms with Crippen molar-refractivity contribution < 1.29 is 14.3 Å². The minimum absolute atomic E-state index is 0.159. The Kier molecular flexibility index (Phi) is 5.79. The molecule has 0 bridgehead atoms. The number of para-hydroxylation sites is 1. The normalized spacial score (nSPS) is 16.5. The van der Waals surface area contributed by atoms with Crippen molar-refractivity contribution in [3.05, 3.63) is 77.0 Å². The van der Waals surface area contributed by atoms with Crippen LogP contribution in [-0.4, -0.2) is 23.5 Å². The van der Waals surface area contributed by atoms with Crippen LogP contribution in [0.3, 0.4) is 0 Å². The number of hydrogen-bond donors (Lipinski definition) is 1. The Bertz CT molecular complexity index is 1080. The number of aryl methyl sites for hydroxylation is 1. The molecule has 1 aliphatic carbocycles. The lowest BCUT2D eigenvalue weighted by Gasteiger charge is -2.24. The zero-order valence-corrected chi connectivity index (χ0v) is 17.4. The fourth-order valence-electron chi connectivity index (χ4n) is 4.11. The predicted octanol–water partition coefficient (Wildman–Crippen LogP) is 4.39. The highest BCUT2D eigenvalue weighted by Crippen LogP contribution is 2.32. The molecule has 4 rings (SSSR count). The van der Waals surface area contributed by atoms with Gasteiger partial charge in [0.1, 0.15) is 0 Å². The molecule has 2 aromatic carbocycles. The number of rotatable bonds is 5. The monoisotopic (exact) mass is 402 g/mol. The van der Waals surface area contributed by atoms with Gasteiger partial charge in [-0.3, -0.25) is 9.78 Å². The zero-order chi connectivity index (χ0) is 21.1. The molecule has 0 fully saturated rings. The average Bonchev–Trinajstić information content (AvgIpc) is 2.76. The van der Waals surface area contributed by atoms with Gasteiger partial charge in [0, 0.05) is 11.1 Å². The SMILES string of the molecule is C[C@@H]1CCc2nc3ccccc3c(C(=O)OCC(=O)N[C@@H](C)c3ccccc3)c2C1. The van der Waals surface area contributed by atoms with Crippen molar-refractivity contribution in [2.45, 2.75) is 39.2 Å². The molecule has 0 unspecified atom stereocenters. The molecule has 1 amide bonds. The number of carbonyl (C=O) groups excluding carboxylic acids is 2. The number of carbonyl (C=O) groups is 2. The van der Waals surface area contributed by atoms with E-state index in [0.717, 1.165) is 47.0 Å². The maximum Gasteiger partial charge on any atom is 0.339 e. The first-order chi connectivity index (χ1) is 14.5. The molecule has 1 N–H and O–H groups in total. The molecule has 5 nitrogen and oxygen atoms in total. The lowest BCUT2D eigenvalue weighted by Crippen LogP contribution is -2.31. The van der Waals surface area contributed by atoms with Gasteiger partial charge in [0.25, 0.3) is 5.91 Å². The summed E-state index contributed by atoms with van der Waals surface area (Å²) in [6.07, 6.45) is 2.72. The van der Waals surface area contributed by atoms with Gasteiger partial charge in [-0.2, -0.15) is 0 Å². The summed E-state index contributed by atoms with van der Waals surface area (Å²) in [5, 5.41) is 3.67. The molecule has 0 radical (unpaired) electrons. The highest BCUT2D eigenvalue weighted by Gasteiger charge is 2.26. The number of hydrogen-bond acceptors (Lipinski definition) is 4. The number of esters is 1. The molecule has 2 atom stereocenters. The molecular formula is C25H26N2O3. The van der Waals surface area contributed by atoms with Crippen molar-refractivity contribution in [3.63, 3.8) is 0 Å². The molecule has 30 heavy (non-hydrogen) atoms. The topological polar surface area (TPSA) is 68.3 Å². The minimum atomic E-state index is -0.457. The maximum atomic E-state index is 13.1. The Morgan fingerprint density at radius 2 is 1.87 bits per heavy atom. The Morgan fingerprint density at radius 1 is 1.13 bits per heavy atom. The van der Waals surface area contributed by atoms with Gasteiger partial charge in [-0.05, 0) is 49.3 Å². The maximum absolute atomic E-state index is 13.1. The fourth-order valence-corrected chi connectivity index (χ4v) is 4.11.